The number of rotatable bonds is 8. The number of aryl methyl sites for hydroxylation is 1. The molecule has 0 aliphatic heterocycles. The Hall–Kier alpha value is -3.86. The third-order valence-electron chi connectivity index (χ3n) is 4.13. The van der Waals surface area contributed by atoms with Crippen molar-refractivity contribution in [3.05, 3.63) is 53.7 Å². The number of anilines is 1. The molecule has 0 aliphatic carbocycles. The molecule has 4 aromatic rings. The average Bonchev–Trinajstić information content (AvgIpc) is 3.52. The lowest BCUT2D eigenvalue weighted by molar-refractivity contribution is -0.119. The second-order valence-electron chi connectivity index (χ2n) is 6.52. The van der Waals surface area contributed by atoms with E-state index in [1.807, 2.05) is 6.07 Å². The summed E-state index contributed by atoms with van der Waals surface area (Å²) in [6, 6.07) is 7.16. The van der Waals surface area contributed by atoms with Crippen molar-refractivity contribution in [2.24, 2.45) is 0 Å². The monoisotopic (exact) mass is 438 g/mol. The summed E-state index contributed by atoms with van der Waals surface area (Å²) in [6.07, 6.45) is 3.78. The zero-order chi connectivity index (χ0) is 21.6. The maximum absolute atomic E-state index is 12.3. The van der Waals surface area contributed by atoms with Gasteiger partial charge in [-0.15, -0.1) is 11.3 Å². The first kappa shape index (κ1) is 20.4. The average molecular weight is 438 g/mol. The summed E-state index contributed by atoms with van der Waals surface area (Å²) in [5.74, 6) is 1.64. The van der Waals surface area contributed by atoms with E-state index in [4.69, 9.17) is 8.94 Å². The van der Waals surface area contributed by atoms with Crippen LogP contribution in [0.15, 0.2) is 51.0 Å². The number of carbonyl (C=O) groups excluding carboxylic acids is 2. The summed E-state index contributed by atoms with van der Waals surface area (Å²) in [5.41, 5.74) is 1.35. The van der Waals surface area contributed by atoms with Crippen molar-refractivity contribution in [2.75, 3.05) is 5.32 Å². The van der Waals surface area contributed by atoms with Gasteiger partial charge < -0.3 is 19.6 Å². The van der Waals surface area contributed by atoms with Crippen LogP contribution in [-0.4, -0.2) is 31.9 Å². The highest BCUT2D eigenvalue weighted by Crippen LogP contribution is 2.26. The molecule has 0 fully saturated rings. The van der Waals surface area contributed by atoms with Crippen molar-refractivity contribution < 1.29 is 18.5 Å². The molecule has 0 unspecified atom stereocenters. The number of hydrogen-bond acceptors (Lipinski definition) is 9. The smallest absolute Gasteiger partial charge is 0.227 e. The molecule has 0 spiro atoms. The maximum atomic E-state index is 12.3. The van der Waals surface area contributed by atoms with E-state index in [0.29, 0.717) is 47.0 Å². The van der Waals surface area contributed by atoms with Gasteiger partial charge >= 0.3 is 0 Å². The number of aromatic nitrogens is 4. The molecule has 0 atom stereocenters. The predicted molar refractivity (Wildman–Crippen MR) is 112 cm³/mol. The Kier molecular flexibility index (Phi) is 6.13. The fourth-order valence-electron chi connectivity index (χ4n) is 2.64. The van der Waals surface area contributed by atoms with Gasteiger partial charge in [0.2, 0.25) is 23.5 Å². The highest BCUT2D eigenvalue weighted by molar-refractivity contribution is 7.14. The van der Waals surface area contributed by atoms with Crippen LogP contribution >= 0.6 is 11.3 Å². The Morgan fingerprint density at radius 2 is 2.10 bits per heavy atom. The van der Waals surface area contributed by atoms with Crippen LogP contribution in [0.4, 0.5) is 5.13 Å². The summed E-state index contributed by atoms with van der Waals surface area (Å²) >= 11 is 1.29. The Bertz CT molecular complexity index is 1180. The number of carbonyl (C=O) groups is 2. The number of furan rings is 1. The van der Waals surface area contributed by atoms with Crippen LogP contribution in [0.25, 0.3) is 22.8 Å². The molecule has 11 heteroatoms. The minimum Gasteiger partial charge on any atom is -0.458 e. The van der Waals surface area contributed by atoms with Gasteiger partial charge in [-0.05, 0) is 24.3 Å². The first-order valence-electron chi connectivity index (χ1n) is 9.39. The number of nitrogens with one attached hydrogen (secondary N) is 2. The van der Waals surface area contributed by atoms with Crippen molar-refractivity contribution in [1.29, 1.82) is 0 Å². The fraction of sp³-hybridized carbons (Fsp3) is 0.200. The van der Waals surface area contributed by atoms with Crippen molar-refractivity contribution in [3.8, 4) is 22.8 Å². The van der Waals surface area contributed by atoms with Crippen LogP contribution in [0.1, 0.15) is 25.0 Å². The van der Waals surface area contributed by atoms with E-state index in [0.717, 1.165) is 5.56 Å². The van der Waals surface area contributed by atoms with E-state index < -0.39 is 0 Å². The topological polar surface area (TPSA) is 136 Å². The van der Waals surface area contributed by atoms with E-state index in [9.17, 15) is 9.59 Å². The standard InChI is InChI=1S/C20H18N6O4S/c1-12(27)22-10-14-4-5-16(29-14)15-11-31-20(23-15)24-17(28)6-7-18-25-19(26-30-18)13-3-2-8-21-9-13/h2-5,8-9,11H,6-7,10H2,1H3,(H,22,27)(H,23,24,28). The van der Waals surface area contributed by atoms with Crippen LogP contribution in [0.2, 0.25) is 0 Å². The Balaban J connectivity index is 1.29. The Labute approximate surface area is 180 Å². The lowest BCUT2D eigenvalue weighted by atomic mass is 10.2. The van der Waals surface area contributed by atoms with Crippen LogP contribution in [-0.2, 0) is 22.6 Å². The van der Waals surface area contributed by atoms with Crippen molar-refractivity contribution in [1.82, 2.24) is 25.4 Å². The summed E-state index contributed by atoms with van der Waals surface area (Å²) in [5, 5.41) is 11.6. The molecule has 0 saturated heterocycles. The quantitative estimate of drug-likeness (QED) is 0.428. The Morgan fingerprint density at radius 1 is 1.19 bits per heavy atom. The molecule has 2 amide bonds. The van der Waals surface area contributed by atoms with Gasteiger partial charge in [0.25, 0.3) is 0 Å². The molecule has 0 radical (unpaired) electrons. The fourth-order valence-corrected chi connectivity index (χ4v) is 3.35. The van der Waals surface area contributed by atoms with Gasteiger partial charge in [-0.2, -0.15) is 4.98 Å². The zero-order valence-corrected chi connectivity index (χ0v) is 17.3. The largest absolute Gasteiger partial charge is 0.458 e. The van der Waals surface area contributed by atoms with Gasteiger partial charge in [0.15, 0.2) is 10.9 Å². The van der Waals surface area contributed by atoms with Crippen molar-refractivity contribution in [2.45, 2.75) is 26.3 Å². The van der Waals surface area contributed by atoms with Gasteiger partial charge in [0.1, 0.15) is 11.5 Å². The molecule has 0 aliphatic rings. The second kappa shape index (κ2) is 9.30. The second-order valence-corrected chi connectivity index (χ2v) is 7.37. The van der Waals surface area contributed by atoms with Crippen LogP contribution < -0.4 is 10.6 Å². The van der Waals surface area contributed by atoms with Gasteiger partial charge in [0, 0.05) is 43.1 Å². The van der Waals surface area contributed by atoms with Crippen LogP contribution in [0.3, 0.4) is 0 Å². The molecule has 4 aromatic heterocycles. The molecule has 2 N–H and O–H groups in total. The third kappa shape index (κ3) is 5.39. The van der Waals surface area contributed by atoms with Crippen LogP contribution in [0, 0.1) is 0 Å². The molecule has 0 saturated carbocycles. The highest BCUT2D eigenvalue weighted by Gasteiger charge is 2.14. The van der Waals surface area contributed by atoms with E-state index in [-0.39, 0.29) is 18.2 Å². The predicted octanol–water partition coefficient (Wildman–Crippen LogP) is 3.06. The van der Waals surface area contributed by atoms with E-state index >= 15 is 0 Å². The number of pyridine rings is 1. The summed E-state index contributed by atoms with van der Waals surface area (Å²) in [7, 11) is 0. The number of amides is 2. The van der Waals surface area contributed by atoms with E-state index in [2.05, 4.69) is 30.7 Å². The third-order valence-corrected chi connectivity index (χ3v) is 4.89. The molecule has 0 bridgehead atoms. The number of thiazole rings is 1. The minimum atomic E-state index is -0.215. The molecule has 4 heterocycles. The highest BCUT2D eigenvalue weighted by atomic mass is 32.1. The number of hydrogen-bond donors (Lipinski definition) is 2. The van der Waals surface area contributed by atoms with Gasteiger partial charge in [-0.3, -0.25) is 14.6 Å². The lowest BCUT2D eigenvalue weighted by Gasteiger charge is -1.99. The summed E-state index contributed by atoms with van der Waals surface area (Å²) < 4.78 is 10.9. The van der Waals surface area contributed by atoms with Crippen molar-refractivity contribution >= 4 is 28.3 Å². The normalized spacial score (nSPS) is 10.7. The molecule has 31 heavy (non-hydrogen) atoms. The van der Waals surface area contributed by atoms with Crippen molar-refractivity contribution in [3.63, 3.8) is 0 Å². The molecule has 10 nitrogen and oxygen atoms in total. The molecular weight excluding hydrogens is 420 g/mol. The summed E-state index contributed by atoms with van der Waals surface area (Å²) in [4.78, 5) is 35.9. The zero-order valence-electron chi connectivity index (χ0n) is 16.5. The maximum Gasteiger partial charge on any atom is 0.227 e. The summed E-state index contributed by atoms with van der Waals surface area (Å²) in [6.45, 7) is 1.75. The Morgan fingerprint density at radius 3 is 2.90 bits per heavy atom. The lowest BCUT2D eigenvalue weighted by Crippen LogP contribution is -2.18. The minimum absolute atomic E-state index is 0.134. The van der Waals surface area contributed by atoms with Gasteiger partial charge in [-0.1, -0.05) is 5.16 Å². The molecule has 4 rings (SSSR count). The SMILES string of the molecule is CC(=O)NCc1ccc(-c2csc(NC(=O)CCc3nc(-c4cccnc4)no3)n2)o1. The van der Waals surface area contributed by atoms with E-state index in [1.165, 1.54) is 18.3 Å². The first-order valence-corrected chi connectivity index (χ1v) is 10.3. The van der Waals surface area contributed by atoms with Crippen LogP contribution in [0.5, 0.6) is 0 Å². The van der Waals surface area contributed by atoms with Gasteiger partial charge in [-0.25, -0.2) is 4.98 Å². The van der Waals surface area contributed by atoms with Gasteiger partial charge in [0.05, 0.1) is 6.54 Å². The number of nitrogens with zero attached hydrogens (tertiary/aromatic N) is 4. The molecule has 0 aromatic carbocycles. The molecule has 158 valence electrons. The first-order chi connectivity index (χ1) is 15.1. The van der Waals surface area contributed by atoms with E-state index in [1.54, 1.807) is 36.0 Å². The molecular formula is C20H18N6O4S.